The predicted octanol–water partition coefficient (Wildman–Crippen LogP) is 5.15. The molecule has 5 nitrogen and oxygen atoms in total. The van der Waals surface area contributed by atoms with Crippen LogP contribution in [-0.4, -0.2) is 26.9 Å². The highest BCUT2D eigenvalue weighted by Crippen LogP contribution is 2.33. The number of hydrogen-bond donors (Lipinski definition) is 1. The van der Waals surface area contributed by atoms with Crippen molar-refractivity contribution in [2.75, 3.05) is 31.0 Å². The normalized spacial score (nSPS) is 10.5. The largest absolute Gasteiger partial charge is 0.494 e. The Morgan fingerprint density at radius 3 is 2.32 bits per heavy atom. The Kier molecular flexibility index (Phi) is 6.28. The number of nitrogens with zero attached hydrogens (tertiary/aromatic N) is 1. The molecule has 2 aromatic carbocycles. The molecule has 0 saturated carbocycles. The van der Waals surface area contributed by atoms with E-state index in [1.165, 1.54) is 5.56 Å². The maximum absolute atomic E-state index is 11.6. The fourth-order valence-corrected chi connectivity index (χ4v) is 2.50. The van der Waals surface area contributed by atoms with E-state index in [1.54, 1.807) is 14.0 Å². The summed E-state index contributed by atoms with van der Waals surface area (Å²) in [4.78, 5) is 13.7. The van der Waals surface area contributed by atoms with Gasteiger partial charge in [0.25, 0.3) is 0 Å². The second-order valence-corrected chi connectivity index (χ2v) is 6.04. The molecule has 0 unspecified atom stereocenters. The maximum Gasteiger partial charge on any atom is 0.411 e. The van der Waals surface area contributed by atoms with Gasteiger partial charge in [-0.2, -0.15) is 0 Å². The molecule has 1 N–H and O–H groups in total. The van der Waals surface area contributed by atoms with Gasteiger partial charge in [0.2, 0.25) is 0 Å². The van der Waals surface area contributed by atoms with Crippen LogP contribution in [0.3, 0.4) is 0 Å². The number of methoxy groups -OCH3 is 1. The molecular formula is C20H26N2O3. The van der Waals surface area contributed by atoms with Crippen molar-refractivity contribution in [1.82, 2.24) is 0 Å². The number of nitrogens with one attached hydrogen (secondary N) is 1. The van der Waals surface area contributed by atoms with E-state index in [0.717, 1.165) is 11.4 Å². The summed E-state index contributed by atoms with van der Waals surface area (Å²) in [5, 5.41) is 2.68. The van der Waals surface area contributed by atoms with Gasteiger partial charge in [-0.25, -0.2) is 4.79 Å². The summed E-state index contributed by atoms with van der Waals surface area (Å²) in [6, 6.07) is 14.1. The predicted molar refractivity (Wildman–Crippen MR) is 102 cm³/mol. The Balaban J connectivity index is 2.22. The van der Waals surface area contributed by atoms with Crippen LogP contribution in [0.1, 0.15) is 32.3 Å². The summed E-state index contributed by atoms with van der Waals surface area (Å²) in [5.41, 5.74) is 3.93. The molecule has 5 heteroatoms. The van der Waals surface area contributed by atoms with Crippen LogP contribution in [0.5, 0.6) is 5.75 Å². The smallest absolute Gasteiger partial charge is 0.411 e. The molecule has 0 bridgehead atoms. The molecule has 0 aliphatic heterocycles. The first-order valence-electron chi connectivity index (χ1n) is 8.41. The first-order valence-corrected chi connectivity index (χ1v) is 8.41. The summed E-state index contributed by atoms with van der Waals surface area (Å²) in [6.07, 6.45) is -0.494. The number of hydrogen-bond acceptors (Lipinski definition) is 4. The Hall–Kier alpha value is -2.69. The van der Waals surface area contributed by atoms with Crippen molar-refractivity contribution >= 4 is 23.2 Å². The van der Waals surface area contributed by atoms with Gasteiger partial charge < -0.3 is 14.4 Å². The van der Waals surface area contributed by atoms with E-state index in [1.807, 2.05) is 25.2 Å². The van der Waals surface area contributed by atoms with Crippen molar-refractivity contribution in [3.8, 4) is 5.75 Å². The van der Waals surface area contributed by atoms with E-state index in [0.29, 0.717) is 24.0 Å². The summed E-state index contributed by atoms with van der Waals surface area (Å²) in [5.74, 6) is 1.09. The quantitative estimate of drug-likeness (QED) is 0.788. The standard InChI is InChI=1S/C20H26N2O3/c1-6-25-20(23)21-18-12-11-17(13-19(18)24-5)22(4)16-9-7-15(8-10-16)14(2)3/h7-14H,6H2,1-5H3,(H,21,23). The van der Waals surface area contributed by atoms with Gasteiger partial charge in [0.05, 0.1) is 19.4 Å². The van der Waals surface area contributed by atoms with Crippen molar-refractivity contribution in [1.29, 1.82) is 0 Å². The zero-order valence-corrected chi connectivity index (χ0v) is 15.5. The summed E-state index contributed by atoms with van der Waals surface area (Å²) in [7, 11) is 3.57. The van der Waals surface area contributed by atoms with E-state index in [9.17, 15) is 4.79 Å². The van der Waals surface area contributed by atoms with Gasteiger partial charge in [0.15, 0.2) is 0 Å². The highest BCUT2D eigenvalue weighted by Gasteiger charge is 2.12. The molecule has 0 aliphatic rings. The Morgan fingerprint density at radius 2 is 1.76 bits per heavy atom. The number of carbonyl (C=O) groups is 1. The molecule has 0 heterocycles. The molecule has 25 heavy (non-hydrogen) atoms. The van der Waals surface area contributed by atoms with Gasteiger partial charge in [-0.15, -0.1) is 0 Å². The highest BCUT2D eigenvalue weighted by atomic mass is 16.5. The molecular weight excluding hydrogens is 316 g/mol. The van der Waals surface area contributed by atoms with Gasteiger partial charge in [0, 0.05) is 24.5 Å². The first-order chi connectivity index (χ1) is 12.0. The Morgan fingerprint density at radius 1 is 1.12 bits per heavy atom. The molecule has 2 rings (SSSR count). The van der Waals surface area contributed by atoms with E-state index in [4.69, 9.17) is 9.47 Å². The Bertz CT molecular complexity index is 711. The topological polar surface area (TPSA) is 50.8 Å². The van der Waals surface area contributed by atoms with Crippen molar-refractivity contribution in [2.24, 2.45) is 0 Å². The van der Waals surface area contributed by atoms with Crippen LogP contribution < -0.4 is 15.0 Å². The van der Waals surface area contributed by atoms with E-state index < -0.39 is 6.09 Å². The van der Waals surface area contributed by atoms with Crippen LogP contribution in [0.25, 0.3) is 0 Å². The van der Waals surface area contributed by atoms with Crippen molar-refractivity contribution < 1.29 is 14.3 Å². The van der Waals surface area contributed by atoms with Gasteiger partial charge >= 0.3 is 6.09 Å². The van der Waals surface area contributed by atoms with E-state index in [-0.39, 0.29) is 0 Å². The zero-order valence-electron chi connectivity index (χ0n) is 15.5. The third kappa shape index (κ3) is 4.66. The fraction of sp³-hybridized carbons (Fsp3) is 0.350. The Labute approximate surface area is 149 Å². The van der Waals surface area contributed by atoms with Crippen molar-refractivity contribution in [2.45, 2.75) is 26.7 Å². The molecule has 0 saturated heterocycles. The van der Waals surface area contributed by atoms with Crippen LogP contribution >= 0.6 is 0 Å². The van der Waals surface area contributed by atoms with Gasteiger partial charge in [-0.05, 0) is 42.7 Å². The minimum absolute atomic E-state index is 0.321. The molecule has 1 amide bonds. The van der Waals surface area contributed by atoms with Crippen LogP contribution in [0, 0.1) is 0 Å². The molecule has 2 aromatic rings. The van der Waals surface area contributed by atoms with Crippen LogP contribution in [0.4, 0.5) is 21.9 Å². The minimum atomic E-state index is -0.494. The number of anilines is 3. The molecule has 0 atom stereocenters. The van der Waals surface area contributed by atoms with Gasteiger partial charge in [0.1, 0.15) is 5.75 Å². The molecule has 134 valence electrons. The summed E-state index contributed by atoms with van der Waals surface area (Å²) >= 11 is 0. The number of benzene rings is 2. The molecule has 0 fully saturated rings. The maximum atomic E-state index is 11.6. The average Bonchev–Trinajstić information content (AvgIpc) is 2.61. The lowest BCUT2D eigenvalue weighted by molar-refractivity contribution is 0.168. The molecule has 0 radical (unpaired) electrons. The molecule has 0 spiro atoms. The average molecular weight is 342 g/mol. The number of carbonyl (C=O) groups excluding carboxylic acids is 1. The number of ether oxygens (including phenoxy) is 2. The van der Waals surface area contributed by atoms with E-state index in [2.05, 4.69) is 48.3 Å². The number of rotatable bonds is 6. The minimum Gasteiger partial charge on any atom is -0.494 e. The zero-order chi connectivity index (χ0) is 18.4. The fourth-order valence-electron chi connectivity index (χ4n) is 2.50. The van der Waals surface area contributed by atoms with Gasteiger partial charge in [-0.1, -0.05) is 26.0 Å². The summed E-state index contributed by atoms with van der Waals surface area (Å²) in [6.45, 7) is 6.44. The lowest BCUT2D eigenvalue weighted by Crippen LogP contribution is -2.14. The summed E-state index contributed by atoms with van der Waals surface area (Å²) < 4.78 is 10.3. The van der Waals surface area contributed by atoms with Crippen LogP contribution in [0.15, 0.2) is 42.5 Å². The third-order valence-electron chi connectivity index (χ3n) is 4.03. The van der Waals surface area contributed by atoms with Crippen molar-refractivity contribution in [3.63, 3.8) is 0 Å². The van der Waals surface area contributed by atoms with Crippen LogP contribution in [0.2, 0.25) is 0 Å². The second-order valence-electron chi connectivity index (χ2n) is 6.04. The SMILES string of the molecule is CCOC(=O)Nc1ccc(N(C)c2ccc(C(C)C)cc2)cc1OC. The lowest BCUT2D eigenvalue weighted by Gasteiger charge is -2.22. The second kappa shape index (κ2) is 8.42. The van der Waals surface area contributed by atoms with Crippen LogP contribution in [-0.2, 0) is 4.74 Å². The highest BCUT2D eigenvalue weighted by molar-refractivity contribution is 5.87. The van der Waals surface area contributed by atoms with E-state index >= 15 is 0 Å². The first kappa shape index (κ1) is 18.6. The molecule has 0 aromatic heterocycles. The van der Waals surface area contributed by atoms with Gasteiger partial charge in [-0.3, -0.25) is 5.32 Å². The lowest BCUT2D eigenvalue weighted by atomic mass is 10.0. The van der Waals surface area contributed by atoms with Crippen molar-refractivity contribution in [3.05, 3.63) is 48.0 Å². The monoisotopic (exact) mass is 342 g/mol. The molecule has 0 aliphatic carbocycles. The number of amides is 1. The third-order valence-corrected chi connectivity index (χ3v) is 4.03.